The lowest BCUT2D eigenvalue weighted by atomic mass is 9.66. The summed E-state index contributed by atoms with van der Waals surface area (Å²) in [5, 5.41) is 18.9. The molecule has 1 spiro atoms. The van der Waals surface area contributed by atoms with E-state index in [1.807, 2.05) is 44.2 Å². The zero-order valence-electron chi connectivity index (χ0n) is 24.5. The highest BCUT2D eigenvalue weighted by Crippen LogP contribution is 2.71. The predicted octanol–water partition coefficient (Wildman–Crippen LogP) is 3.56. The molecule has 10 nitrogen and oxygen atoms in total. The molecule has 1 aromatic carbocycles. The molecule has 42 heavy (non-hydrogen) atoms. The molecule has 3 aliphatic heterocycles. The molecule has 3 aliphatic rings. The highest BCUT2D eigenvalue weighted by atomic mass is 32.2. The number of likely N-dealkylation sites (tertiary alicyclic amines) is 1. The fourth-order valence-corrected chi connectivity index (χ4v) is 9.52. The number of allylic oxidation sites excluding steroid dienone is 1. The van der Waals surface area contributed by atoms with Gasteiger partial charge in [-0.2, -0.15) is 0 Å². The minimum Gasteiger partial charge on any atom is -0.465 e. The number of hydrogen-bond acceptors (Lipinski definition) is 8. The third-order valence-electron chi connectivity index (χ3n) is 9.21. The van der Waals surface area contributed by atoms with Crippen molar-refractivity contribution in [1.29, 1.82) is 0 Å². The molecule has 2 unspecified atom stereocenters. The van der Waals surface area contributed by atoms with Gasteiger partial charge in [-0.3, -0.25) is 14.4 Å². The first-order valence-corrected chi connectivity index (χ1v) is 15.7. The monoisotopic (exact) mass is 595 g/mol. The number of esters is 1. The highest BCUT2D eigenvalue weighted by molar-refractivity contribution is 8.02. The Morgan fingerprint density at radius 3 is 2.76 bits per heavy atom. The van der Waals surface area contributed by atoms with Crippen LogP contribution >= 0.6 is 11.8 Å². The van der Waals surface area contributed by atoms with Gasteiger partial charge in [-0.05, 0) is 57.6 Å². The van der Waals surface area contributed by atoms with Gasteiger partial charge < -0.3 is 19.6 Å². The number of amides is 2. The van der Waals surface area contributed by atoms with Crippen molar-refractivity contribution in [2.24, 2.45) is 11.8 Å². The van der Waals surface area contributed by atoms with Gasteiger partial charge in [0.1, 0.15) is 18.2 Å². The topological polar surface area (TPSA) is 118 Å². The number of ether oxygens (including phenoxy) is 1. The molecule has 2 amide bonds. The minimum atomic E-state index is -0.848. The van der Waals surface area contributed by atoms with Crippen molar-refractivity contribution >= 4 is 40.6 Å². The van der Waals surface area contributed by atoms with E-state index in [1.165, 1.54) is 0 Å². The van der Waals surface area contributed by atoms with Crippen LogP contribution in [0, 0.1) is 11.8 Å². The summed E-state index contributed by atoms with van der Waals surface area (Å²) in [5.41, 5.74) is 1.51. The fraction of sp³-hybridized carbons (Fsp3) is 0.581. The minimum absolute atomic E-state index is 0.124. The maximum atomic E-state index is 14.7. The molecule has 0 saturated carbocycles. The Hall–Kier alpha value is -3.18. The first kappa shape index (κ1) is 30.3. The van der Waals surface area contributed by atoms with E-state index >= 15 is 0 Å². The van der Waals surface area contributed by atoms with Crippen LogP contribution in [0.25, 0.3) is 11.0 Å². The van der Waals surface area contributed by atoms with Gasteiger partial charge in [-0.1, -0.05) is 36.4 Å². The van der Waals surface area contributed by atoms with E-state index in [2.05, 4.69) is 23.5 Å². The first-order chi connectivity index (χ1) is 20.3. The number of aliphatic hydroxyl groups excluding tert-OH is 1. The Bertz CT molecular complexity index is 1360. The molecule has 0 aliphatic carbocycles. The molecule has 1 N–H and O–H groups in total. The van der Waals surface area contributed by atoms with E-state index < -0.39 is 33.4 Å². The van der Waals surface area contributed by atoms with Crippen molar-refractivity contribution in [3.8, 4) is 0 Å². The van der Waals surface area contributed by atoms with Crippen molar-refractivity contribution in [3.05, 3.63) is 49.6 Å². The summed E-state index contributed by atoms with van der Waals surface area (Å²) in [5.74, 6) is -2.22. The number of rotatable bonds is 14. The van der Waals surface area contributed by atoms with Gasteiger partial charge in [0.2, 0.25) is 11.8 Å². The molecule has 0 radical (unpaired) electrons. The lowest BCUT2D eigenvalue weighted by molar-refractivity contribution is -0.156. The molecule has 226 valence electrons. The van der Waals surface area contributed by atoms with Crippen LogP contribution in [0.4, 0.5) is 0 Å². The Morgan fingerprint density at radius 2 is 2.05 bits per heavy atom. The zero-order valence-corrected chi connectivity index (χ0v) is 25.3. The summed E-state index contributed by atoms with van der Waals surface area (Å²) in [6, 6.07) is 6.13. The van der Waals surface area contributed by atoms with Crippen molar-refractivity contribution in [2.45, 2.75) is 80.6 Å². The third-order valence-corrected chi connectivity index (χ3v) is 11.2. The van der Waals surface area contributed by atoms with Crippen LogP contribution in [-0.2, 0) is 25.8 Å². The summed E-state index contributed by atoms with van der Waals surface area (Å²) in [7, 11) is 0. The third kappa shape index (κ3) is 4.94. The molecule has 3 fully saturated rings. The predicted molar refractivity (Wildman–Crippen MR) is 161 cm³/mol. The second-order valence-electron chi connectivity index (χ2n) is 11.7. The lowest BCUT2D eigenvalue weighted by Gasteiger charge is -2.39. The SMILES string of the molecule is C=CCCCCOC(=O)[C@@H]1[C@H]2C(=O)N([C@@H](CC)CO)C(C(=O)N(CC=C)Cn3nnc4ccccc43)C23CC[C@@]1(C)S3. The maximum Gasteiger partial charge on any atom is 0.311 e. The largest absolute Gasteiger partial charge is 0.465 e. The molecule has 6 atom stereocenters. The second-order valence-corrected chi connectivity index (χ2v) is 13.6. The van der Waals surface area contributed by atoms with Gasteiger partial charge in [-0.15, -0.1) is 30.0 Å². The van der Waals surface area contributed by atoms with Crippen LogP contribution in [0.3, 0.4) is 0 Å². The van der Waals surface area contributed by atoms with E-state index in [0.29, 0.717) is 19.3 Å². The molecule has 2 bridgehead atoms. The Kier molecular flexibility index (Phi) is 8.80. The highest BCUT2D eigenvalue weighted by Gasteiger charge is 2.78. The first-order valence-electron chi connectivity index (χ1n) is 14.8. The van der Waals surface area contributed by atoms with Crippen molar-refractivity contribution in [2.75, 3.05) is 19.8 Å². The van der Waals surface area contributed by atoms with Crippen molar-refractivity contribution < 1.29 is 24.2 Å². The summed E-state index contributed by atoms with van der Waals surface area (Å²) in [6.45, 7) is 11.9. The normalized spacial score (nSPS) is 28.6. The Balaban J connectivity index is 1.49. The second kappa shape index (κ2) is 12.2. The number of carbonyl (C=O) groups is 3. The van der Waals surface area contributed by atoms with Crippen LogP contribution in [0.5, 0.6) is 0 Å². The van der Waals surface area contributed by atoms with Gasteiger partial charge in [-0.25, -0.2) is 4.68 Å². The average Bonchev–Trinajstić information content (AvgIpc) is 3.69. The number of thioether (sulfide) groups is 1. The number of unbranched alkanes of at least 4 members (excludes halogenated alkanes) is 2. The summed E-state index contributed by atoms with van der Waals surface area (Å²) in [6.07, 6.45) is 7.74. The van der Waals surface area contributed by atoms with Crippen molar-refractivity contribution in [3.63, 3.8) is 0 Å². The summed E-state index contributed by atoms with van der Waals surface area (Å²) in [4.78, 5) is 45.9. The Morgan fingerprint density at radius 1 is 1.26 bits per heavy atom. The van der Waals surface area contributed by atoms with E-state index in [9.17, 15) is 19.5 Å². The number of nitrogens with zero attached hydrogens (tertiary/aromatic N) is 5. The standard InChI is InChI=1S/C31H41N5O5S/c1-5-8-9-12-18-41-29(40)25-24-27(38)36(21(7-3)19-37)26(31(24)16-15-30(25,4)42-31)28(39)34(17-6-2)20-35-23-14-11-10-13-22(23)32-33-35/h5-6,10-11,13-14,21,24-26,37H,1-2,7-9,12,15-20H2,3-4H3/t21-,24-,25-,26?,30+,31?/m0/s1. The van der Waals surface area contributed by atoms with Gasteiger partial charge in [0.15, 0.2) is 0 Å². The van der Waals surface area contributed by atoms with Gasteiger partial charge in [0.05, 0.1) is 41.4 Å². The van der Waals surface area contributed by atoms with E-state index in [-0.39, 0.29) is 44.2 Å². The van der Waals surface area contributed by atoms with Crippen LogP contribution in [-0.4, -0.2) is 89.0 Å². The summed E-state index contributed by atoms with van der Waals surface area (Å²) >= 11 is 1.60. The number of aliphatic hydroxyl groups is 1. The van der Waals surface area contributed by atoms with Gasteiger partial charge in [0.25, 0.3) is 0 Å². The zero-order chi connectivity index (χ0) is 30.1. The van der Waals surface area contributed by atoms with Crippen LogP contribution in [0.2, 0.25) is 0 Å². The lowest BCUT2D eigenvalue weighted by Crippen LogP contribution is -2.57. The smallest absolute Gasteiger partial charge is 0.311 e. The molecule has 4 heterocycles. The number of benzene rings is 1. The van der Waals surface area contributed by atoms with Gasteiger partial charge >= 0.3 is 5.97 Å². The number of aromatic nitrogens is 3. The number of para-hydroxylation sites is 1. The Labute approximate surface area is 251 Å². The number of carbonyl (C=O) groups excluding carboxylic acids is 3. The number of fused-ring (bicyclic) bond motifs is 2. The van der Waals surface area contributed by atoms with Crippen LogP contribution in [0.15, 0.2) is 49.6 Å². The fourth-order valence-electron chi connectivity index (χ4n) is 7.19. The molecule has 5 rings (SSSR count). The average molecular weight is 596 g/mol. The van der Waals surface area contributed by atoms with E-state index in [0.717, 1.165) is 30.3 Å². The number of hydrogen-bond donors (Lipinski definition) is 1. The van der Waals surface area contributed by atoms with Crippen LogP contribution in [0.1, 0.15) is 52.4 Å². The molecule has 2 aromatic rings. The molecule has 11 heteroatoms. The quantitative estimate of drug-likeness (QED) is 0.200. The van der Waals surface area contributed by atoms with Crippen LogP contribution < -0.4 is 0 Å². The molecular weight excluding hydrogens is 554 g/mol. The van der Waals surface area contributed by atoms with E-state index in [1.54, 1.807) is 32.3 Å². The molecular formula is C31H41N5O5S. The van der Waals surface area contributed by atoms with Gasteiger partial charge in [0, 0.05) is 11.3 Å². The van der Waals surface area contributed by atoms with Crippen molar-refractivity contribution in [1.82, 2.24) is 24.8 Å². The molecule has 1 aromatic heterocycles. The van der Waals surface area contributed by atoms with E-state index in [4.69, 9.17) is 4.74 Å². The summed E-state index contributed by atoms with van der Waals surface area (Å²) < 4.78 is 6.10. The maximum absolute atomic E-state index is 14.7. The molecule has 3 saturated heterocycles.